The summed E-state index contributed by atoms with van der Waals surface area (Å²) in [6.07, 6.45) is 3.24. The summed E-state index contributed by atoms with van der Waals surface area (Å²) in [6.45, 7) is 5.21. The fourth-order valence-electron chi connectivity index (χ4n) is 2.16. The first kappa shape index (κ1) is 25.3. The Bertz CT molecular complexity index is 545. The van der Waals surface area contributed by atoms with Gasteiger partial charge < -0.3 is 24.8 Å². The molecule has 0 spiro atoms. The third-order valence-electron chi connectivity index (χ3n) is 3.62. The summed E-state index contributed by atoms with van der Waals surface area (Å²) >= 11 is 3.56. The quantitative estimate of drug-likeness (QED) is 0.191. The lowest BCUT2D eigenvalue weighted by molar-refractivity contribution is 0.129. The fraction of sp³-hybridized carbons (Fsp3) is 0.611. The van der Waals surface area contributed by atoms with Gasteiger partial charge in [0.15, 0.2) is 17.5 Å². The fourth-order valence-corrected chi connectivity index (χ4v) is 2.62. The van der Waals surface area contributed by atoms with E-state index in [9.17, 15) is 0 Å². The first-order valence-corrected chi connectivity index (χ1v) is 9.38. The average molecular weight is 544 g/mol. The number of methoxy groups -OCH3 is 2. The molecule has 6 nitrogen and oxygen atoms in total. The predicted molar refractivity (Wildman–Crippen MR) is 121 cm³/mol. The molecule has 0 bridgehead atoms. The van der Waals surface area contributed by atoms with Gasteiger partial charge in [-0.05, 0) is 30.5 Å². The molecule has 0 atom stereocenters. The van der Waals surface area contributed by atoms with Crippen LogP contribution in [-0.4, -0.2) is 47.0 Å². The van der Waals surface area contributed by atoms with E-state index in [1.807, 2.05) is 12.1 Å². The third-order valence-corrected chi connectivity index (χ3v) is 4.36. The van der Waals surface area contributed by atoms with Crippen LogP contribution in [0.3, 0.4) is 0 Å². The van der Waals surface area contributed by atoms with Crippen molar-refractivity contribution in [3.05, 3.63) is 22.2 Å². The Morgan fingerprint density at radius 3 is 2.35 bits per heavy atom. The standard InChI is InChI=1S/C18H30BrN3O3.HI/c1-5-6-9-25-10-7-8-21-18(20-2)22-13-14-11-16(23-3)17(24-4)12-15(14)19;/h11-12H,5-10,13H2,1-4H3,(H2,20,21,22);1H. The zero-order valence-electron chi connectivity index (χ0n) is 16.1. The van der Waals surface area contributed by atoms with Crippen molar-refractivity contribution in [1.82, 2.24) is 10.6 Å². The van der Waals surface area contributed by atoms with Crippen molar-refractivity contribution in [2.45, 2.75) is 32.7 Å². The molecule has 0 aliphatic heterocycles. The highest BCUT2D eigenvalue weighted by Crippen LogP contribution is 2.33. The zero-order valence-corrected chi connectivity index (χ0v) is 20.0. The number of guanidine groups is 1. The van der Waals surface area contributed by atoms with Gasteiger partial charge in [-0.15, -0.1) is 24.0 Å². The first-order valence-electron chi connectivity index (χ1n) is 8.58. The summed E-state index contributed by atoms with van der Waals surface area (Å²) in [4.78, 5) is 4.24. The molecule has 0 aromatic heterocycles. The number of hydrogen-bond donors (Lipinski definition) is 2. The molecule has 0 unspecified atom stereocenters. The minimum Gasteiger partial charge on any atom is -0.493 e. The van der Waals surface area contributed by atoms with Gasteiger partial charge in [0.1, 0.15) is 0 Å². The lowest BCUT2D eigenvalue weighted by atomic mass is 10.2. The average Bonchev–Trinajstić information content (AvgIpc) is 2.63. The maximum absolute atomic E-state index is 5.55. The van der Waals surface area contributed by atoms with Crippen molar-refractivity contribution in [2.75, 3.05) is 41.0 Å². The number of nitrogens with one attached hydrogen (secondary N) is 2. The lowest BCUT2D eigenvalue weighted by Crippen LogP contribution is -2.37. The lowest BCUT2D eigenvalue weighted by Gasteiger charge is -2.15. The van der Waals surface area contributed by atoms with E-state index in [1.165, 1.54) is 6.42 Å². The molecule has 150 valence electrons. The molecule has 1 aromatic carbocycles. The monoisotopic (exact) mass is 543 g/mol. The molecule has 0 radical (unpaired) electrons. The van der Waals surface area contributed by atoms with Crippen LogP contribution in [-0.2, 0) is 11.3 Å². The van der Waals surface area contributed by atoms with Crippen LogP contribution in [0.1, 0.15) is 31.7 Å². The Morgan fingerprint density at radius 1 is 1.08 bits per heavy atom. The van der Waals surface area contributed by atoms with Crippen LogP contribution < -0.4 is 20.1 Å². The van der Waals surface area contributed by atoms with Gasteiger partial charge in [-0.1, -0.05) is 29.3 Å². The zero-order chi connectivity index (χ0) is 18.5. The van der Waals surface area contributed by atoms with Crippen molar-refractivity contribution >= 4 is 45.9 Å². The van der Waals surface area contributed by atoms with Crippen LogP contribution >= 0.6 is 39.9 Å². The Hall–Kier alpha value is -0.740. The van der Waals surface area contributed by atoms with Crippen LogP contribution in [0, 0.1) is 0 Å². The SMILES string of the molecule is CCCCOCCCNC(=NC)NCc1cc(OC)c(OC)cc1Br.I. The van der Waals surface area contributed by atoms with Gasteiger partial charge in [0.25, 0.3) is 0 Å². The second kappa shape index (κ2) is 15.3. The van der Waals surface area contributed by atoms with Gasteiger partial charge in [-0.25, -0.2) is 0 Å². The van der Waals surface area contributed by atoms with Crippen LogP contribution in [0.4, 0.5) is 0 Å². The number of hydrogen-bond acceptors (Lipinski definition) is 4. The molecule has 0 amide bonds. The molecular formula is C18H31BrIN3O3. The number of aliphatic imine (C=N–C) groups is 1. The van der Waals surface area contributed by atoms with E-state index < -0.39 is 0 Å². The maximum atomic E-state index is 5.55. The molecule has 2 N–H and O–H groups in total. The minimum atomic E-state index is 0. The number of rotatable bonds is 11. The smallest absolute Gasteiger partial charge is 0.191 e. The number of nitrogens with zero attached hydrogens (tertiary/aromatic N) is 1. The molecule has 8 heteroatoms. The molecule has 0 saturated heterocycles. The second-order valence-electron chi connectivity index (χ2n) is 5.47. The van der Waals surface area contributed by atoms with Crippen molar-refractivity contribution in [2.24, 2.45) is 4.99 Å². The molecule has 1 rings (SSSR count). The number of ether oxygens (including phenoxy) is 3. The van der Waals surface area contributed by atoms with Gasteiger partial charge in [0.2, 0.25) is 0 Å². The van der Waals surface area contributed by atoms with E-state index in [-0.39, 0.29) is 24.0 Å². The van der Waals surface area contributed by atoms with E-state index in [0.29, 0.717) is 18.0 Å². The van der Waals surface area contributed by atoms with Gasteiger partial charge >= 0.3 is 0 Å². The summed E-state index contributed by atoms with van der Waals surface area (Å²) in [5.74, 6) is 2.16. The maximum Gasteiger partial charge on any atom is 0.191 e. The van der Waals surface area contributed by atoms with Crippen LogP contribution in [0.5, 0.6) is 11.5 Å². The molecular weight excluding hydrogens is 513 g/mol. The molecule has 0 fully saturated rings. The number of benzene rings is 1. The minimum absolute atomic E-state index is 0. The summed E-state index contributed by atoms with van der Waals surface area (Å²) in [5, 5.41) is 6.59. The van der Waals surface area contributed by atoms with Crippen molar-refractivity contribution in [3.63, 3.8) is 0 Å². The second-order valence-corrected chi connectivity index (χ2v) is 6.32. The van der Waals surface area contributed by atoms with E-state index in [1.54, 1.807) is 21.3 Å². The number of unbranched alkanes of at least 4 members (excludes halogenated alkanes) is 1. The highest BCUT2D eigenvalue weighted by Gasteiger charge is 2.10. The van der Waals surface area contributed by atoms with Crippen molar-refractivity contribution in [1.29, 1.82) is 0 Å². The molecule has 0 heterocycles. The van der Waals surface area contributed by atoms with Gasteiger partial charge in [-0.3, -0.25) is 4.99 Å². The normalized spacial score (nSPS) is 10.9. The molecule has 0 aliphatic rings. The highest BCUT2D eigenvalue weighted by molar-refractivity contribution is 14.0. The highest BCUT2D eigenvalue weighted by atomic mass is 127. The Balaban J connectivity index is 0.00000625. The summed E-state index contributed by atoms with van der Waals surface area (Å²) in [6, 6.07) is 3.85. The summed E-state index contributed by atoms with van der Waals surface area (Å²) < 4.78 is 17.2. The van der Waals surface area contributed by atoms with E-state index in [0.717, 1.165) is 48.6 Å². The van der Waals surface area contributed by atoms with E-state index in [2.05, 4.69) is 38.5 Å². The summed E-state index contributed by atoms with van der Waals surface area (Å²) in [5.41, 5.74) is 1.06. The van der Waals surface area contributed by atoms with Gasteiger partial charge in [0, 0.05) is 37.8 Å². The predicted octanol–water partition coefficient (Wildman–Crippen LogP) is 3.96. The van der Waals surface area contributed by atoms with Gasteiger partial charge in [-0.2, -0.15) is 0 Å². The summed E-state index contributed by atoms with van der Waals surface area (Å²) in [7, 11) is 5.02. The van der Waals surface area contributed by atoms with Crippen LogP contribution in [0.15, 0.2) is 21.6 Å². The van der Waals surface area contributed by atoms with E-state index >= 15 is 0 Å². The Labute approximate surface area is 182 Å². The molecule has 26 heavy (non-hydrogen) atoms. The largest absolute Gasteiger partial charge is 0.493 e. The first-order chi connectivity index (χ1) is 12.2. The van der Waals surface area contributed by atoms with Crippen LogP contribution in [0.25, 0.3) is 0 Å². The third kappa shape index (κ3) is 9.27. The molecule has 1 aromatic rings. The van der Waals surface area contributed by atoms with Crippen molar-refractivity contribution < 1.29 is 14.2 Å². The Kier molecular flexibility index (Phi) is 14.9. The van der Waals surface area contributed by atoms with Gasteiger partial charge in [0.05, 0.1) is 14.2 Å². The Morgan fingerprint density at radius 2 is 1.73 bits per heavy atom. The van der Waals surface area contributed by atoms with Crippen LogP contribution in [0.2, 0.25) is 0 Å². The van der Waals surface area contributed by atoms with Crippen molar-refractivity contribution in [3.8, 4) is 11.5 Å². The topological polar surface area (TPSA) is 64.1 Å². The molecule has 0 aliphatic carbocycles. The number of halogens is 2. The molecule has 0 saturated carbocycles. The van der Waals surface area contributed by atoms with E-state index in [4.69, 9.17) is 14.2 Å².